The molecule has 2 saturated heterocycles. The third-order valence-corrected chi connectivity index (χ3v) is 5.40. The maximum atomic E-state index is 12.4. The Bertz CT molecular complexity index is 389. The number of likely N-dealkylation sites (tertiary alicyclic amines) is 1. The van der Waals surface area contributed by atoms with Crippen LogP contribution in [0.25, 0.3) is 0 Å². The van der Waals surface area contributed by atoms with Crippen LogP contribution in [0, 0.1) is 5.41 Å². The second-order valence-electron chi connectivity index (χ2n) is 7.19. The summed E-state index contributed by atoms with van der Waals surface area (Å²) in [5, 5.41) is 3.45. The van der Waals surface area contributed by atoms with Crippen molar-refractivity contribution in [3.8, 4) is 0 Å². The van der Waals surface area contributed by atoms with Gasteiger partial charge in [-0.25, -0.2) is 0 Å². The Hall–Kier alpha value is -1.10. The fourth-order valence-electron chi connectivity index (χ4n) is 3.88. The molecule has 0 aromatic rings. The molecule has 1 spiro atoms. The van der Waals surface area contributed by atoms with Crippen molar-refractivity contribution in [3.63, 3.8) is 0 Å². The first-order valence-corrected chi connectivity index (χ1v) is 9.36. The number of piperidine rings is 1. The van der Waals surface area contributed by atoms with E-state index in [0.29, 0.717) is 18.3 Å². The van der Waals surface area contributed by atoms with Gasteiger partial charge in [0.05, 0.1) is 0 Å². The first kappa shape index (κ1) is 18.2. The molecule has 2 amide bonds. The van der Waals surface area contributed by atoms with Crippen molar-refractivity contribution in [1.82, 2.24) is 15.1 Å². The highest BCUT2D eigenvalue weighted by Crippen LogP contribution is 2.37. The minimum Gasteiger partial charge on any atom is -0.343 e. The van der Waals surface area contributed by atoms with E-state index < -0.39 is 0 Å². The zero-order valence-corrected chi connectivity index (χ0v) is 14.9. The number of nitrogens with zero attached hydrogens (tertiary/aromatic N) is 2. The topological polar surface area (TPSA) is 52.7 Å². The van der Waals surface area contributed by atoms with Gasteiger partial charge in [0, 0.05) is 45.6 Å². The lowest BCUT2D eigenvalue weighted by atomic mass is 9.78. The van der Waals surface area contributed by atoms with E-state index in [1.165, 1.54) is 6.42 Å². The smallest absolute Gasteiger partial charge is 0.223 e. The molecule has 2 rings (SSSR count). The lowest BCUT2D eigenvalue weighted by Gasteiger charge is -2.39. The van der Waals surface area contributed by atoms with E-state index in [1.807, 2.05) is 9.80 Å². The van der Waals surface area contributed by atoms with E-state index in [4.69, 9.17) is 0 Å². The second-order valence-corrected chi connectivity index (χ2v) is 7.19. The van der Waals surface area contributed by atoms with Gasteiger partial charge in [0.15, 0.2) is 0 Å². The van der Waals surface area contributed by atoms with Crippen LogP contribution >= 0.6 is 0 Å². The van der Waals surface area contributed by atoms with Gasteiger partial charge in [-0.3, -0.25) is 9.59 Å². The fraction of sp³-hybridized carbons (Fsp3) is 0.889. The Balaban J connectivity index is 1.73. The van der Waals surface area contributed by atoms with Gasteiger partial charge < -0.3 is 15.1 Å². The molecule has 5 nitrogen and oxygen atoms in total. The van der Waals surface area contributed by atoms with Gasteiger partial charge >= 0.3 is 0 Å². The number of hydrogen-bond donors (Lipinski definition) is 1. The van der Waals surface area contributed by atoms with Crippen molar-refractivity contribution in [2.45, 2.75) is 58.8 Å². The summed E-state index contributed by atoms with van der Waals surface area (Å²) in [5.74, 6) is 0.294. The third-order valence-electron chi connectivity index (χ3n) is 5.40. The van der Waals surface area contributed by atoms with E-state index in [-0.39, 0.29) is 11.8 Å². The van der Waals surface area contributed by atoms with Gasteiger partial charge in [0.2, 0.25) is 11.8 Å². The number of carbonyl (C=O) groups excluding carboxylic acids is 2. The average molecular weight is 323 g/mol. The van der Waals surface area contributed by atoms with Crippen LogP contribution in [0.1, 0.15) is 58.8 Å². The van der Waals surface area contributed by atoms with Crippen LogP contribution in [0.5, 0.6) is 0 Å². The Morgan fingerprint density at radius 2 is 1.70 bits per heavy atom. The monoisotopic (exact) mass is 323 g/mol. The highest BCUT2D eigenvalue weighted by atomic mass is 16.2. The van der Waals surface area contributed by atoms with E-state index >= 15 is 0 Å². The summed E-state index contributed by atoms with van der Waals surface area (Å²) in [6, 6.07) is 0. The average Bonchev–Trinajstić information content (AvgIpc) is 3.01. The molecule has 5 heteroatoms. The fourth-order valence-corrected chi connectivity index (χ4v) is 3.88. The standard InChI is InChI=1S/C18H33N3O2/c1-3-11-20(12-4-2)16(22)5-6-17(23)21-13-8-18(9-14-21)7-10-19-15-18/h19H,3-15H2,1-2H3. The number of nitrogens with one attached hydrogen (secondary N) is 1. The minimum absolute atomic E-state index is 0.135. The van der Waals surface area contributed by atoms with Gasteiger partial charge in [-0.05, 0) is 44.1 Å². The summed E-state index contributed by atoms with van der Waals surface area (Å²) >= 11 is 0. The molecule has 0 bridgehead atoms. The minimum atomic E-state index is 0.135. The molecule has 132 valence electrons. The summed E-state index contributed by atoms with van der Waals surface area (Å²) in [6.45, 7) is 9.74. The zero-order chi connectivity index (χ0) is 16.7. The summed E-state index contributed by atoms with van der Waals surface area (Å²) in [4.78, 5) is 28.5. The Morgan fingerprint density at radius 3 is 2.22 bits per heavy atom. The third kappa shape index (κ3) is 4.93. The Kier molecular flexibility index (Phi) is 6.88. The summed E-state index contributed by atoms with van der Waals surface area (Å²) in [5.41, 5.74) is 0.436. The van der Waals surface area contributed by atoms with Gasteiger partial charge in [0.25, 0.3) is 0 Å². The molecule has 2 aliphatic rings. The maximum Gasteiger partial charge on any atom is 0.223 e. The molecule has 0 aromatic heterocycles. The van der Waals surface area contributed by atoms with Crippen LogP contribution in [-0.2, 0) is 9.59 Å². The van der Waals surface area contributed by atoms with E-state index in [2.05, 4.69) is 19.2 Å². The number of carbonyl (C=O) groups is 2. The largest absolute Gasteiger partial charge is 0.343 e. The van der Waals surface area contributed by atoms with Crippen molar-refractivity contribution < 1.29 is 9.59 Å². The zero-order valence-electron chi connectivity index (χ0n) is 14.9. The first-order chi connectivity index (χ1) is 11.1. The predicted molar refractivity (Wildman–Crippen MR) is 92.1 cm³/mol. The molecule has 0 radical (unpaired) electrons. The highest BCUT2D eigenvalue weighted by molar-refractivity contribution is 5.83. The van der Waals surface area contributed by atoms with Crippen molar-refractivity contribution >= 4 is 11.8 Å². The molecule has 1 N–H and O–H groups in total. The maximum absolute atomic E-state index is 12.4. The molecule has 2 heterocycles. The first-order valence-electron chi connectivity index (χ1n) is 9.36. The number of hydrogen-bond acceptors (Lipinski definition) is 3. The number of rotatable bonds is 7. The molecule has 0 aliphatic carbocycles. The Morgan fingerprint density at radius 1 is 1.04 bits per heavy atom. The highest BCUT2D eigenvalue weighted by Gasteiger charge is 2.37. The van der Waals surface area contributed by atoms with Crippen LogP contribution in [0.4, 0.5) is 0 Å². The Labute approximate surface area is 140 Å². The molecule has 0 aromatic carbocycles. The van der Waals surface area contributed by atoms with E-state index in [9.17, 15) is 9.59 Å². The summed E-state index contributed by atoms with van der Waals surface area (Å²) < 4.78 is 0. The van der Waals surface area contributed by atoms with Gasteiger partial charge in [-0.15, -0.1) is 0 Å². The van der Waals surface area contributed by atoms with E-state index in [0.717, 1.165) is 65.0 Å². The molecule has 0 unspecified atom stereocenters. The van der Waals surface area contributed by atoms with E-state index in [1.54, 1.807) is 0 Å². The van der Waals surface area contributed by atoms with Gasteiger partial charge in [-0.1, -0.05) is 13.8 Å². The lowest BCUT2D eigenvalue weighted by molar-refractivity contribution is -0.138. The SMILES string of the molecule is CCCN(CCC)C(=O)CCC(=O)N1CCC2(CCNC2)CC1. The normalized spacial score (nSPS) is 20.0. The molecular weight excluding hydrogens is 290 g/mol. The lowest BCUT2D eigenvalue weighted by Crippen LogP contribution is -2.44. The van der Waals surface area contributed by atoms with Crippen molar-refractivity contribution in [3.05, 3.63) is 0 Å². The molecule has 23 heavy (non-hydrogen) atoms. The van der Waals surface area contributed by atoms with Gasteiger partial charge in [0.1, 0.15) is 0 Å². The van der Waals surface area contributed by atoms with Crippen LogP contribution < -0.4 is 5.32 Å². The second kappa shape index (κ2) is 8.67. The van der Waals surface area contributed by atoms with Gasteiger partial charge in [-0.2, -0.15) is 0 Å². The van der Waals surface area contributed by atoms with Crippen LogP contribution in [0.2, 0.25) is 0 Å². The predicted octanol–water partition coefficient (Wildman–Crippen LogP) is 2.02. The molecule has 0 atom stereocenters. The quantitative estimate of drug-likeness (QED) is 0.780. The molecule has 0 saturated carbocycles. The summed E-state index contributed by atoms with van der Waals surface area (Å²) in [6.07, 6.45) is 6.14. The van der Waals surface area contributed by atoms with Crippen LogP contribution in [0.3, 0.4) is 0 Å². The molecule has 2 aliphatic heterocycles. The number of amides is 2. The molecular formula is C18H33N3O2. The summed E-state index contributed by atoms with van der Waals surface area (Å²) in [7, 11) is 0. The van der Waals surface area contributed by atoms with Crippen molar-refractivity contribution in [1.29, 1.82) is 0 Å². The van der Waals surface area contributed by atoms with Crippen LogP contribution in [-0.4, -0.2) is 60.9 Å². The van der Waals surface area contributed by atoms with Crippen LogP contribution in [0.15, 0.2) is 0 Å². The van der Waals surface area contributed by atoms with Crippen molar-refractivity contribution in [2.24, 2.45) is 5.41 Å². The van der Waals surface area contributed by atoms with Crippen molar-refractivity contribution in [2.75, 3.05) is 39.3 Å². The molecule has 2 fully saturated rings.